The number of likely N-dealkylation sites (N-methyl/N-ethyl adjacent to an activating group) is 1. The second-order valence-corrected chi connectivity index (χ2v) is 6.31. The lowest BCUT2D eigenvalue weighted by molar-refractivity contribution is -0.123. The first-order valence-corrected chi connectivity index (χ1v) is 9.12. The summed E-state index contributed by atoms with van der Waals surface area (Å²) in [6.45, 7) is 5.12. The zero-order valence-electron chi connectivity index (χ0n) is 15.8. The van der Waals surface area contributed by atoms with Gasteiger partial charge in [0.05, 0.1) is 13.1 Å². The molecule has 2 rings (SSSR count). The van der Waals surface area contributed by atoms with E-state index < -0.39 is 0 Å². The van der Waals surface area contributed by atoms with E-state index in [0.717, 1.165) is 23.2 Å². The number of carbonyl (C=O) groups is 2. The molecule has 0 aliphatic carbocycles. The van der Waals surface area contributed by atoms with Crippen molar-refractivity contribution in [3.8, 4) is 0 Å². The van der Waals surface area contributed by atoms with Gasteiger partial charge in [-0.3, -0.25) is 14.5 Å². The zero-order chi connectivity index (χ0) is 19.6. The van der Waals surface area contributed by atoms with Crippen molar-refractivity contribution in [2.24, 2.45) is 0 Å². The number of benzene rings is 2. The summed E-state index contributed by atoms with van der Waals surface area (Å²) >= 11 is 0. The molecule has 0 unspecified atom stereocenters. The Hall–Kier alpha value is -2.73. The van der Waals surface area contributed by atoms with Crippen LogP contribution >= 0.6 is 0 Å². The first kappa shape index (κ1) is 20.6. The summed E-state index contributed by atoms with van der Waals surface area (Å²) in [6, 6.07) is 13.7. The summed E-state index contributed by atoms with van der Waals surface area (Å²) in [6.07, 6.45) is 0.902. The molecule has 0 saturated heterocycles. The molecule has 5 nitrogen and oxygen atoms in total. The van der Waals surface area contributed by atoms with E-state index in [1.54, 1.807) is 17.0 Å². The van der Waals surface area contributed by atoms with Gasteiger partial charge >= 0.3 is 0 Å². The summed E-state index contributed by atoms with van der Waals surface area (Å²) < 4.78 is 12.9. The van der Waals surface area contributed by atoms with E-state index in [9.17, 15) is 14.0 Å². The number of aryl methyl sites for hydroxylation is 1. The Morgan fingerprint density at radius 1 is 0.963 bits per heavy atom. The highest BCUT2D eigenvalue weighted by atomic mass is 19.1. The molecule has 0 aliphatic heterocycles. The molecule has 0 heterocycles. The molecule has 0 aliphatic rings. The van der Waals surface area contributed by atoms with Crippen LogP contribution in [0.15, 0.2) is 48.5 Å². The lowest BCUT2D eigenvalue weighted by Gasteiger charge is -2.19. The summed E-state index contributed by atoms with van der Waals surface area (Å²) in [5.41, 5.74) is 2.73. The largest absolute Gasteiger partial charge is 0.351 e. The summed E-state index contributed by atoms with van der Waals surface area (Å²) in [5, 5.41) is 5.66. The van der Waals surface area contributed by atoms with Crippen molar-refractivity contribution in [1.29, 1.82) is 0 Å². The highest BCUT2D eigenvalue weighted by molar-refractivity contribution is 5.92. The summed E-state index contributed by atoms with van der Waals surface area (Å²) in [7, 11) is 0. The molecular weight excluding hydrogens is 345 g/mol. The topological polar surface area (TPSA) is 61.4 Å². The number of hydrogen-bond acceptors (Lipinski definition) is 3. The van der Waals surface area contributed by atoms with Gasteiger partial charge in [-0.15, -0.1) is 0 Å². The Kier molecular flexibility index (Phi) is 7.95. The monoisotopic (exact) mass is 371 g/mol. The molecule has 0 aromatic heterocycles. The Morgan fingerprint density at radius 3 is 2.33 bits per heavy atom. The Bertz CT molecular complexity index is 762. The number of amides is 2. The van der Waals surface area contributed by atoms with Crippen molar-refractivity contribution in [2.45, 2.75) is 26.8 Å². The van der Waals surface area contributed by atoms with E-state index in [0.29, 0.717) is 13.1 Å². The van der Waals surface area contributed by atoms with Gasteiger partial charge in [0, 0.05) is 12.2 Å². The van der Waals surface area contributed by atoms with Crippen molar-refractivity contribution >= 4 is 17.5 Å². The van der Waals surface area contributed by atoms with Gasteiger partial charge in [-0.25, -0.2) is 4.39 Å². The minimum Gasteiger partial charge on any atom is -0.351 e. The third-order valence-corrected chi connectivity index (χ3v) is 4.20. The number of anilines is 1. The van der Waals surface area contributed by atoms with E-state index in [4.69, 9.17) is 0 Å². The summed E-state index contributed by atoms with van der Waals surface area (Å²) in [4.78, 5) is 26.1. The van der Waals surface area contributed by atoms with Crippen LogP contribution in [0.25, 0.3) is 0 Å². The van der Waals surface area contributed by atoms with E-state index in [1.165, 1.54) is 12.1 Å². The van der Waals surface area contributed by atoms with Crippen molar-refractivity contribution < 1.29 is 14.0 Å². The molecule has 2 aromatic carbocycles. The number of nitrogens with one attached hydrogen (secondary N) is 2. The third-order valence-electron chi connectivity index (χ3n) is 4.20. The van der Waals surface area contributed by atoms with Crippen molar-refractivity contribution in [1.82, 2.24) is 10.2 Å². The third kappa shape index (κ3) is 7.19. The predicted molar refractivity (Wildman–Crippen MR) is 105 cm³/mol. The normalized spacial score (nSPS) is 10.7. The van der Waals surface area contributed by atoms with Crippen LogP contribution in [0.3, 0.4) is 0 Å². The van der Waals surface area contributed by atoms with Crippen molar-refractivity contribution in [2.75, 3.05) is 25.0 Å². The second kappa shape index (κ2) is 10.4. The maximum absolute atomic E-state index is 12.9. The van der Waals surface area contributed by atoms with Gasteiger partial charge < -0.3 is 10.6 Å². The quantitative estimate of drug-likeness (QED) is 0.712. The molecule has 2 aromatic rings. The Labute approximate surface area is 159 Å². The van der Waals surface area contributed by atoms with Gasteiger partial charge in [0.15, 0.2) is 0 Å². The van der Waals surface area contributed by atoms with E-state index in [-0.39, 0.29) is 30.7 Å². The zero-order valence-corrected chi connectivity index (χ0v) is 15.8. The molecule has 27 heavy (non-hydrogen) atoms. The van der Waals surface area contributed by atoms with Crippen LogP contribution in [0.1, 0.15) is 25.0 Å². The van der Waals surface area contributed by atoms with E-state index in [1.807, 2.05) is 31.2 Å². The lowest BCUT2D eigenvalue weighted by atomic mass is 10.1. The molecule has 0 atom stereocenters. The fourth-order valence-corrected chi connectivity index (χ4v) is 2.61. The molecule has 0 saturated carbocycles. The van der Waals surface area contributed by atoms with E-state index in [2.05, 4.69) is 17.6 Å². The van der Waals surface area contributed by atoms with Crippen LogP contribution in [0.4, 0.5) is 10.1 Å². The smallest absolute Gasteiger partial charge is 0.238 e. The van der Waals surface area contributed by atoms with Crippen LogP contribution in [0.5, 0.6) is 0 Å². The molecule has 2 amide bonds. The Morgan fingerprint density at radius 2 is 1.67 bits per heavy atom. The van der Waals surface area contributed by atoms with E-state index >= 15 is 0 Å². The van der Waals surface area contributed by atoms with Crippen LogP contribution < -0.4 is 10.6 Å². The minimum atomic E-state index is -0.308. The molecule has 0 bridgehead atoms. The van der Waals surface area contributed by atoms with Crippen LogP contribution in [0.2, 0.25) is 0 Å². The SMILES string of the molecule is CCc1cccc(NC(=O)CN(CC)CC(=O)NCc2ccc(F)cc2)c1. The number of nitrogens with zero attached hydrogens (tertiary/aromatic N) is 1. The van der Waals surface area contributed by atoms with Crippen LogP contribution in [-0.4, -0.2) is 36.3 Å². The molecule has 2 N–H and O–H groups in total. The van der Waals surface area contributed by atoms with Crippen molar-refractivity contribution in [3.63, 3.8) is 0 Å². The maximum atomic E-state index is 12.9. The highest BCUT2D eigenvalue weighted by Gasteiger charge is 2.13. The minimum absolute atomic E-state index is 0.125. The summed E-state index contributed by atoms with van der Waals surface area (Å²) in [5.74, 6) is -0.642. The fraction of sp³-hybridized carbons (Fsp3) is 0.333. The fourth-order valence-electron chi connectivity index (χ4n) is 2.61. The number of hydrogen-bond donors (Lipinski definition) is 2. The first-order chi connectivity index (χ1) is 13.0. The number of rotatable bonds is 9. The molecular formula is C21H26FN3O2. The second-order valence-electron chi connectivity index (χ2n) is 6.31. The molecule has 0 radical (unpaired) electrons. The van der Waals surface area contributed by atoms with Crippen LogP contribution in [-0.2, 0) is 22.6 Å². The number of halogens is 1. The lowest BCUT2D eigenvalue weighted by Crippen LogP contribution is -2.40. The van der Waals surface area contributed by atoms with Gasteiger partial charge in [0.25, 0.3) is 0 Å². The van der Waals surface area contributed by atoms with Crippen molar-refractivity contribution in [3.05, 3.63) is 65.5 Å². The van der Waals surface area contributed by atoms with Gasteiger partial charge in [0.1, 0.15) is 5.82 Å². The molecule has 0 spiro atoms. The predicted octanol–water partition coefficient (Wildman–Crippen LogP) is 2.96. The average Bonchev–Trinajstić information content (AvgIpc) is 2.67. The van der Waals surface area contributed by atoms with Gasteiger partial charge in [0.2, 0.25) is 11.8 Å². The van der Waals surface area contributed by atoms with Gasteiger partial charge in [-0.05, 0) is 48.4 Å². The van der Waals surface area contributed by atoms with Gasteiger partial charge in [-0.1, -0.05) is 38.1 Å². The number of carbonyl (C=O) groups excluding carboxylic acids is 2. The standard InChI is InChI=1S/C21H26FN3O2/c1-3-16-6-5-7-19(12-16)24-21(27)15-25(4-2)14-20(26)23-13-17-8-10-18(22)11-9-17/h5-12H,3-4,13-15H2,1-2H3,(H,23,26)(H,24,27). The first-order valence-electron chi connectivity index (χ1n) is 9.12. The molecule has 144 valence electrons. The molecule has 6 heteroatoms. The van der Waals surface area contributed by atoms with Crippen LogP contribution in [0, 0.1) is 5.82 Å². The average molecular weight is 371 g/mol. The maximum Gasteiger partial charge on any atom is 0.238 e. The molecule has 0 fully saturated rings. The Balaban J connectivity index is 1.80. The van der Waals surface area contributed by atoms with Gasteiger partial charge in [-0.2, -0.15) is 0 Å². The highest BCUT2D eigenvalue weighted by Crippen LogP contribution is 2.11.